The molecule has 0 saturated carbocycles. The molecule has 0 fully saturated rings. The second kappa shape index (κ2) is 9.49. The molecule has 3 aromatic carbocycles. The molecule has 1 unspecified atom stereocenters. The van der Waals surface area contributed by atoms with Gasteiger partial charge in [-0.05, 0) is 30.2 Å². The number of benzene rings is 3. The van der Waals surface area contributed by atoms with Crippen LogP contribution in [0.25, 0.3) is 0 Å². The lowest BCUT2D eigenvalue weighted by Gasteiger charge is -2.38. The van der Waals surface area contributed by atoms with Crippen LogP contribution in [0.1, 0.15) is 47.4 Å². The standard InChI is InChI=1S/C26H28N2O2/c1-2-3-18-28-25(27-23-15-9-7-13-21(23)26(28)29)22-14-8-10-16-24(22)30-19-17-20-11-5-4-6-12-20/h4-16,25,27H,2-3,17-19H2,1H3. The molecule has 4 rings (SSSR count). The molecule has 1 atom stereocenters. The Morgan fingerprint density at radius 3 is 2.50 bits per heavy atom. The number of nitrogens with one attached hydrogen (secondary N) is 1. The average molecular weight is 401 g/mol. The topological polar surface area (TPSA) is 41.6 Å². The second-order valence-corrected chi connectivity index (χ2v) is 7.57. The van der Waals surface area contributed by atoms with Gasteiger partial charge < -0.3 is 15.0 Å². The van der Waals surface area contributed by atoms with Gasteiger partial charge in [0.05, 0.1) is 12.2 Å². The number of unbranched alkanes of at least 4 members (excludes halogenated alkanes) is 1. The van der Waals surface area contributed by atoms with Gasteiger partial charge in [-0.15, -0.1) is 0 Å². The largest absolute Gasteiger partial charge is 0.493 e. The normalized spacial score (nSPS) is 15.4. The molecule has 1 aliphatic rings. The number of hydrogen-bond donors (Lipinski definition) is 1. The van der Waals surface area contributed by atoms with Crippen molar-refractivity contribution in [3.63, 3.8) is 0 Å². The van der Waals surface area contributed by atoms with Crippen LogP contribution in [0.5, 0.6) is 5.75 Å². The van der Waals surface area contributed by atoms with E-state index >= 15 is 0 Å². The predicted octanol–water partition coefficient (Wildman–Crippen LogP) is 5.67. The Labute approximate surface area is 178 Å². The van der Waals surface area contributed by atoms with E-state index in [-0.39, 0.29) is 12.1 Å². The predicted molar refractivity (Wildman–Crippen MR) is 121 cm³/mol. The highest BCUT2D eigenvalue weighted by Gasteiger charge is 2.33. The molecule has 3 aromatic rings. The van der Waals surface area contributed by atoms with Gasteiger partial charge in [-0.1, -0.05) is 74.0 Å². The van der Waals surface area contributed by atoms with Crippen molar-refractivity contribution < 1.29 is 9.53 Å². The van der Waals surface area contributed by atoms with E-state index < -0.39 is 0 Å². The number of hydrogen-bond acceptors (Lipinski definition) is 3. The monoisotopic (exact) mass is 400 g/mol. The fraction of sp³-hybridized carbons (Fsp3) is 0.269. The molecule has 0 aliphatic carbocycles. The van der Waals surface area contributed by atoms with E-state index in [0.717, 1.165) is 41.8 Å². The molecular weight excluding hydrogens is 372 g/mol. The van der Waals surface area contributed by atoms with Crippen molar-refractivity contribution in [2.75, 3.05) is 18.5 Å². The van der Waals surface area contributed by atoms with Gasteiger partial charge >= 0.3 is 0 Å². The summed E-state index contributed by atoms with van der Waals surface area (Å²) < 4.78 is 6.19. The molecule has 0 saturated heterocycles. The highest BCUT2D eigenvalue weighted by atomic mass is 16.5. The minimum absolute atomic E-state index is 0.0712. The summed E-state index contributed by atoms with van der Waals surface area (Å²) in [5.74, 6) is 0.890. The van der Waals surface area contributed by atoms with Crippen molar-refractivity contribution in [1.29, 1.82) is 0 Å². The Kier molecular flexibility index (Phi) is 6.33. The number of ether oxygens (including phenoxy) is 1. The Balaban J connectivity index is 1.59. The van der Waals surface area contributed by atoms with Crippen LogP contribution < -0.4 is 10.1 Å². The van der Waals surface area contributed by atoms with Gasteiger partial charge in [0.25, 0.3) is 5.91 Å². The molecule has 1 aliphatic heterocycles. The zero-order valence-corrected chi connectivity index (χ0v) is 17.4. The van der Waals surface area contributed by atoms with Crippen molar-refractivity contribution in [3.05, 3.63) is 95.6 Å². The summed E-state index contributed by atoms with van der Waals surface area (Å²) in [6, 6.07) is 26.1. The van der Waals surface area contributed by atoms with Crippen molar-refractivity contribution in [2.24, 2.45) is 0 Å². The molecule has 1 amide bonds. The lowest BCUT2D eigenvalue weighted by Crippen LogP contribution is -2.43. The van der Waals surface area contributed by atoms with E-state index in [1.54, 1.807) is 0 Å². The minimum Gasteiger partial charge on any atom is -0.493 e. The van der Waals surface area contributed by atoms with Gasteiger partial charge in [0.15, 0.2) is 0 Å². The zero-order valence-electron chi connectivity index (χ0n) is 17.4. The molecule has 0 bridgehead atoms. The molecule has 0 spiro atoms. The number of carbonyl (C=O) groups excluding carboxylic acids is 1. The summed E-state index contributed by atoms with van der Waals surface area (Å²) >= 11 is 0. The lowest BCUT2D eigenvalue weighted by molar-refractivity contribution is 0.0678. The van der Waals surface area contributed by atoms with Crippen molar-refractivity contribution in [1.82, 2.24) is 4.90 Å². The van der Waals surface area contributed by atoms with Crippen molar-refractivity contribution in [3.8, 4) is 5.75 Å². The maximum atomic E-state index is 13.3. The van der Waals surface area contributed by atoms with Gasteiger partial charge in [-0.25, -0.2) is 0 Å². The number of para-hydroxylation sites is 2. The first-order valence-electron chi connectivity index (χ1n) is 10.7. The Hall–Kier alpha value is -3.27. The summed E-state index contributed by atoms with van der Waals surface area (Å²) in [6.45, 7) is 3.44. The van der Waals surface area contributed by atoms with E-state index in [0.29, 0.717) is 13.2 Å². The molecule has 154 valence electrons. The van der Waals surface area contributed by atoms with Crippen LogP contribution in [-0.4, -0.2) is 24.0 Å². The third-order valence-electron chi connectivity index (χ3n) is 5.48. The Morgan fingerprint density at radius 2 is 1.67 bits per heavy atom. The van der Waals surface area contributed by atoms with Crippen LogP contribution in [-0.2, 0) is 6.42 Å². The first kappa shape index (κ1) is 20.0. The van der Waals surface area contributed by atoms with Crippen LogP contribution in [0.4, 0.5) is 5.69 Å². The zero-order chi connectivity index (χ0) is 20.8. The molecule has 1 heterocycles. The molecule has 4 nitrogen and oxygen atoms in total. The number of amides is 1. The van der Waals surface area contributed by atoms with Gasteiger partial charge in [0.2, 0.25) is 0 Å². The first-order chi connectivity index (χ1) is 14.8. The van der Waals surface area contributed by atoms with Crippen LogP contribution in [0.3, 0.4) is 0 Å². The highest BCUT2D eigenvalue weighted by molar-refractivity contribution is 6.01. The molecular formula is C26H28N2O2. The summed E-state index contributed by atoms with van der Waals surface area (Å²) in [5.41, 5.74) is 3.84. The van der Waals surface area contributed by atoms with E-state index in [1.165, 1.54) is 5.56 Å². The summed E-state index contributed by atoms with van der Waals surface area (Å²) in [6.07, 6.45) is 2.59. The number of fused-ring (bicyclic) bond motifs is 1. The molecule has 4 heteroatoms. The van der Waals surface area contributed by atoms with E-state index in [4.69, 9.17) is 4.74 Å². The van der Waals surface area contributed by atoms with Crippen molar-refractivity contribution in [2.45, 2.75) is 32.4 Å². The summed E-state index contributed by atoms with van der Waals surface area (Å²) in [4.78, 5) is 15.2. The SMILES string of the molecule is CCCCN1C(=O)c2ccccc2NC1c1ccccc1OCCc1ccccc1. The molecule has 30 heavy (non-hydrogen) atoms. The number of nitrogens with zero attached hydrogens (tertiary/aromatic N) is 1. The molecule has 0 aromatic heterocycles. The summed E-state index contributed by atoms with van der Waals surface area (Å²) in [5, 5.41) is 3.58. The molecule has 0 radical (unpaired) electrons. The number of carbonyl (C=O) groups is 1. The molecule has 1 N–H and O–H groups in total. The van der Waals surface area contributed by atoms with Crippen LogP contribution in [0, 0.1) is 0 Å². The fourth-order valence-corrected chi connectivity index (χ4v) is 3.86. The highest BCUT2D eigenvalue weighted by Crippen LogP contribution is 2.36. The third kappa shape index (κ3) is 4.33. The first-order valence-corrected chi connectivity index (χ1v) is 10.7. The van der Waals surface area contributed by atoms with Gasteiger partial charge in [0, 0.05) is 24.2 Å². The van der Waals surface area contributed by atoms with E-state index in [9.17, 15) is 4.79 Å². The quantitative estimate of drug-likeness (QED) is 0.529. The average Bonchev–Trinajstić information content (AvgIpc) is 2.79. The maximum Gasteiger partial charge on any atom is 0.257 e. The number of rotatable bonds is 8. The maximum absolute atomic E-state index is 13.3. The minimum atomic E-state index is -0.244. The van der Waals surface area contributed by atoms with Gasteiger partial charge in [-0.2, -0.15) is 0 Å². The Bertz CT molecular complexity index is 987. The smallest absolute Gasteiger partial charge is 0.257 e. The second-order valence-electron chi connectivity index (χ2n) is 7.57. The third-order valence-corrected chi connectivity index (χ3v) is 5.48. The number of anilines is 1. The van der Waals surface area contributed by atoms with Gasteiger partial charge in [-0.3, -0.25) is 4.79 Å². The van der Waals surface area contributed by atoms with Crippen molar-refractivity contribution >= 4 is 11.6 Å². The Morgan fingerprint density at radius 1 is 0.933 bits per heavy atom. The van der Waals surface area contributed by atoms with Gasteiger partial charge in [0.1, 0.15) is 11.9 Å². The van der Waals surface area contributed by atoms with Crippen LogP contribution in [0.2, 0.25) is 0 Å². The summed E-state index contributed by atoms with van der Waals surface area (Å²) in [7, 11) is 0. The van der Waals surface area contributed by atoms with Crippen LogP contribution >= 0.6 is 0 Å². The lowest BCUT2D eigenvalue weighted by atomic mass is 10.0. The fourth-order valence-electron chi connectivity index (χ4n) is 3.86. The van der Waals surface area contributed by atoms with Crippen LogP contribution in [0.15, 0.2) is 78.9 Å². The van der Waals surface area contributed by atoms with E-state index in [2.05, 4.69) is 30.4 Å². The van der Waals surface area contributed by atoms with E-state index in [1.807, 2.05) is 65.6 Å².